The molecule has 0 aliphatic heterocycles. The van der Waals surface area contributed by atoms with Crippen LogP contribution in [0.5, 0.6) is 0 Å². The fourth-order valence-electron chi connectivity index (χ4n) is 2.66. The third-order valence-electron chi connectivity index (χ3n) is 3.85. The van der Waals surface area contributed by atoms with Gasteiger partial charge >= 0.3 is 5.51 Å². The molecule has 0 saturated heterocycles. The summed E-state index contributed by atoms with van der Waals surface area (Å²) in [5.74, 6) is 2.89. The molecular weight excluding hydrogens is 325 g/mol. The van der Waals surface area contributed by atoms with Crippen molar-refractivity contribution in [1.82, 2.24) is 0 Å². The summed E-state index contributed by atoms with van der Waals surface area (Å²) in [5.41, 5.74) is -5.65. The van der Waals surface area contributed by atoms with Gasteiger partial charge in [0.25, 0.3) is 0 Å². The highest BCUT2D eigenvalue weighted by atomic mass is 32.2. The Morgan fingerprint density at radius 2 is 1.62 bits per heavy atom. The van der Waals surface area contributed by atoms with Gasteiger partial charge in [0.2, 0.25) is 0 Å². The second-order valence-electron chi connectivity index (χ2n) is 6.14. The predicted molar refractivity (Wildman–Crippen MR) is 80.1 cm³/mol. The molecule has 1 fully saturated rings. The first-order chi connectivity index (χ1) is 9.27. The molecule has 1 saturated carbocycles. The molecule has 8 heteroatoms. The summed E-state index contributed by atoms with van der Waals surface area (Å²) >= 11 is 0. The normalized spacial score (nSPS) is 27.5. The van der Waals surface area contributed by atoms with Gasteiger partial charge in [-0.2, -0.15) is 13.2 Å². The van der Waals surface area contributed by atoms with E-state index >= 15 is 0 Å². The van der Waals surface area contributed by atoms with Crippen LogP contribution < -0.4 is 0 Å². The van der Waals surface area contributed by atoms with E-state index in [0.29, 0.717) is 10.9 Å². The predicted octanol–water partition coefficient (Wildman–Crippen LogP) is 3.38. The molecule has 3 unspecified atom stereocenters. The third-order valence-corrected chi connectivity index (χ3v) is 6.17. The Bertz CT molecular complexity index is 405. The summed E-state index contributed by atoms with van der Waals surface area (Å²) in [6, 6.07) is 0. The Labute approximate surface area is 128 Å². The molecule has 0 amide bonds. The van der Waals surface area contributed by atoms with E-state index in [0.717, 1.165) is 23.0 Å². The van der Waals surface area contributed by atoms with E-state index < -0.39 is 15.6 Å². The maximum Gasteiger partial charge on any atom is 0.485 e. The second kappa shape index (κ2) is 8.06. The van der Waals surface area contributed by atoms with E-state index in [1.165, 1.54) is 19.3 Å². The van der Waals surface area contributed by atoms with Crippen LogP contribution >= 0.6 is 0 Å². The van der Waals surface area contributed by atoms with Gasteiger partial charge in [0.1, 0.15) is 5.25 Å². The van der Waals surface area contributed by atoms with Gasteiger partial charge in [-0.15, -0.1) is 0 Å². The van der Waals surface area contributed by atoms with Crippen molar-refractivity contribution in [1.29, 1.82) is 0 Å². The molecule has 21 heavy (non-hydrogen) atoms. The minimum absolute atomic E-state index is 0.627. The van der Waals surface area contributed by atoms with Crippen LogP contribution in [0.2, 0.25) is 0 Å². The average molecular weight is 350 g/mol. The maximum atomic E-state index is 10.7. The third kappa shape index (κ3) is 7.23. The van der Waals surface area contributed by atoms with Gasteiger partial charge in [-0.3, -0.25) is 0 Å². The molecule has 0 spiro atoms. The van der Waals surface area contributed by atoms with Crippen molar-refractivity contribution in [3.8, 4) is 0 Å². The van der Waals surface area contributed by atoms with Crippen LogP contribution in [0.3, 0.4) is 0 Å². The lowest BCUT2D eigenvalue weighted by atomic mass is 9.77. The standard InChI is InChI=1S/C12H25S.CHF3O3S/c1-9(2)11-7-6-10(3)8-12(11)13(4)5;2-1(3,4)8(5,6)7/h9-12H,6-8H2,1-5H3;(H,5,6,7)/q+1;/p-1. The zero-order valence-electron chi connectivity index (χ0n) is 13.1. The lowest BCUT2D eigenvalue weighted by Crippen LogP contribution is -2.37. The van der Waals surface area contributed by atoms with E-state index in [2.05, 4.69) is 33.3 Å². The zero-order valence-corrected chi connectivity index (χ0v) is 14.7. The van der Waals surface area contributed by atoms with Crippen LogP contribution in [0.15, 0.2) is 0 Å². The fourth-order valence-corrected chi connectivity index (χ4v) is 4.52. The molecule has 0 heterocycles. The Morgan fingerprint density at radius 3 is 1.90 bits per heavy atom. The van der Waals surface area contributed by atoms with Crippen molar-refractivity contribution in [2.24, 2.45) is 17.8 Å². The van der Waals surface area contributed by atoms with Gasteiger partial charge in [0.05, 0.1) is 12.5 Å². The number of hydrogen-bond donors (Lipinski definition) is 0. The first-order valence-electron chi connectivity index (χ1n) is 6.85. The molecule has 3 nitrogen and oxygen atoms in total. The van der Waals surface area contributed by atoms with Gasteiger partial charge in [0, 0.05) is 5.92 Å². The van der Waals surface area contributed by atoms with E-state index in [1.54, 1.807) is 0 Å². The minimum Gasteiger partial charge on any atom is -0.741 e. The number of alkyl halides is 3. The number of hydrogen-bond acceptors (Lipinski definition) is 3. The van der Waals surface area contributed by atoms with Crippen LogP contribution in [0, 0.1) is 17.8 Å². The summed E-state index contributed by atoms with van der Waals surface area (Å²) < 4.78 is 58.9. The fraction of sp³-hybridized carbons (Fsp3) is 1.00. The Balaban J connectivity index is 0.000000433. The van der Waals surface area contributed by atoms with Crippen molar-refractivity contribution in [3.05, 3.63) is 0 Å². The molecule has 0 aromatic rings. The van der Waals surface area contributed by atoms with E-state index in [-0.39, 0.29) is 0 Å². The monoisotopic (exact) mass is 350 g/mol. The molecule has 0 bridgehead atoms. The van der Waals surface area contributed by atoms with Crippen molar-refractivity contribution in [3.63, 3.8) is 0 Å². The highest BCUT2D eigenvalue weighted by Gasteiger charge is 2.38. The summed E-state index contributed by atoms with van der Waals surface area (Å²) in [4.78, 5) is 0. The summed E-state index contributed by atoms with van der Waals surface area (Å²) in [6.45, 7) is 7.23. The van der Waals surface area contributed by atoms with Gasteiger partial charge in [-0.25, -0.2) is 8.42 Å². The lowest BCUT2D eigenvalue weighted by Gasteiger charge is -2.34. The average Bonchev–Trinajstić information content (AvgIpc) is 2.26. The smallest absolute Gasteiger partial charge is 0.485 e. The van der Waals surface area contributed by atoms with Gasteiger partial charge in [-0.1, -0.05) is 27.2 Å². The molecule has 0 aromatic carbocycles. The number of rotatable bonds is 2. The van der Waals surface area contributed by atoms with Crippen molar-refractivity contribution >= 4 is 21.0 Å². The molecule has 0 radical (unpaired) electrons. The molecule has 1 aliphatic carbocycles. The van der Waals surface area contributed by atoms with E-state index in [9.17, 15) is 13.2 Å². The molecule has 1 rings (SSSR count). The Morgan fingerprint density at radius 1 is 1.19 bits per heavy atom. The van der Waals surface area contributed by atoms with Crippen LogP contribution in [0.1, 0.15) is 40.0 Å². The quantitative estimate of drug-likeness (QED) is 0.436. The molecule has 1 aliphatic rings. The van der Waals surface area contributed by atoms with Gasteiger partial charge in [0.15, 0.2) is 10.1 Å². The lowest BCUT2D eigenvalue weighted by molar-refractivity contribution is -0.0517. The van der Waals surface area contributed by atoms with Crippen molar-refractivity contribution < 1.29 is 26.1 Å². The van der Waals surface area contributed by atoms with Crippen LogP contribution in [-0.2, 0) is 21.0 Å². The highest BCUT2D eigenvalue weighted by molar-refractivity contribution is 7.96. The largest absolute Gasteiger partial charge is 0.741 e. The molecule has 128 valence electrons. The Hall–Kier alpha value is 0.0500. The van der Waals surface area contributed by atoms with Gasteiger partial charge in [-0.05, 0) is 35.6 Å². The van der Waals surface area contributed by atoms with Crippen molar-refractivity contribution in [2.75, 3.05) is 12.5 Å². The SMILES string of the molecule is CC1CCC(C(C)C)C([S+](C)C)C1.O=S(=O)([O-])C(F)(F)F. The molecule has 0 aromatic heterocycles. The first kappa shape index (κ1) is 21.0. The molecular formula is C13H25F3O3S2. The topological polar surface area (TPSA) is 57.2 Å². The van der Waals surface area contributed by atoms with Crippen molar-refractivity contribution in [2.45, 2.75) is 50.8 Å². The zero-order chi connectivity index (χ0) is 17.0. The summed E-state index contributed by atoms with van der Waals surface area (Å²) in [5, 5.41) is 1.02. The first-order valence-corrected chi connectivity index (χ1v) is 10.4. The second-order valence-corrected chi connectivity index (χ2v) is 9.88. The molecule has 0 N–H and O–H groups in total. The van der Waals surface area contributed by atoms with Crippen LogP contribution in [0.4, 0.5) is 13.2 Å². The number of halogens is 3. The summed E-state index contributed by atoms with van der Waals surface area (Å²) in [7, 11) is -5.46. The maximum absolute atomic E-state index is 10.7. The Kier molecular flexibility index (Phi) is 8.08. The summed E-state index contributed by atoms with van der Waals surface area (Å²) in [6.07, 6.45) is 9.29. The van der Waals surface area contributed by atoms with Gasteiger partial charge < -0.3 is 4.55 Å². The van der Waals surface area contributed by atoms with E-state index in [1.807, 2.05) is 0 Å². The minimum atomic E-state index is -6.09. The molecule has 3 atom stereocenters. The van der Waals surface area contributed by atoms with E-state index in [4.69, 9.17) is 13.0 Å². The van der Waals surface area contributed by atoms with Crippen LogP contribution in [-0.4, -0.2) is 36.2 Å². The van der Waals surface area contributed by atoms with Crippen LogP contribution in [0.25, 0.3) is 0 Å². The highest BCUT2D eigenvalue weighted by Crippen LogP contribution is 2.36.